The normalized spacial score (nSPS) is 16.8. The van der Waals surface area contributed by atoms with Crippen LogP contribution in [0.5, 0.6) is 5.75 Å². The molecule has 25 heavy (non-hydrogen) atoms. The number of rotatable bonds is 6. The molecule has 0 radical (unpaired) electrons. The summed E-state index contributed by atoms with van der Waals surface area (Å²) in [5.41, 5.74) is 1.86. The van der Waals surface area contributed by atoms with Crippen molar-refractivity contribution in [2.75, 3.05) is 32.8 Å². The summed E-state index contributed by atoms with van der Waals surface area (Å²) >= 11 is 1.80. The Morgan fingerprint density at radius 2 is 1.96 bits per heavy atom. The number of hydrogen-bond acceptors (Lipinski definition) is 4. The number of ether oxygens (including phenoxy) is 2. The molecule has 3 rings (SSSR count). The second-order valence-corrected chi connectivity index (χ2v) is 8.09. The van der Waals surface area contributed by atoms with Crippen molar-refractivity contribution in [3.63, 3.8) is 0 Å². The molecule has 1 unspecified atom stereocenters. The second kappa shape index (κ2) is 8.30. The van der Waals surface area contributed by atoms with Crippen LogP contribution in [0.4, 0.5) is 4.39 Å². The Balaban J connectivity index is 1.75. The van der Waals surface area contributed by atoms with Crippen LogP contribution in [0.2, 0.25) is 0 Å². The summed E-state index contributed by atoms with van der Waals surface area (Å²) in [6.45, 7) is 10.6. The van der Waals surface area contributed by atoms with Crippen molar-refractivity contribution < 1.29 is 13.9 Å². The summed E-state index contributed by atoms with van der Waals surface area (Å²) in [4.78, 5) is 5.01. The first kappa shape index (κ1) is 18.4. The van der Waals surface area contributed by atoms with E-state index in [1.54, 1.807) is 30.4 Å². The fourth-order valence-electron chi connectivity index (χ4n) is 3.23. The minimum atomic E-state index is -0.195. The molecule has 3 nitrogen and oxygen atoms in total. The standard InChI is InChI=1S/C20H26FNO2S/c1-14-12-17(4-5-19(14)21)24-20(18-13-15(2)25-16(18)3)6-7-22-8-10-23-11-9-22/h4-5,12-13,20H,6-11H2,1-3H3. The van der Waals surface area contributed by atoms with Crippen LogP contribution in [0.1, 0.15) is 33.4 Å². The molecular formula is C20H26FNO2S. The van der Waals surface area contributed by atoms with E-state index < -0.39 is 0 Å². The van der Waals surface area contributed by atoms with Crippen molar-refractivity contribution in [2.45, 2.75) is 33.3 Å². The highest BCUT2D eigenvalue weighted by Gasteiger charge is 2.20. The van der Waals surface area contributed by atoms with Gasteiger partial charge in [0.15, 0.2) is 0 Å². The van der Waals surface area contributed by atoms with Gasteiger partial charge in [-0.1, -0.05) is 0 Å². The van der Waals surface area contributed by atoms with Crippen LogP contribution >= 0.6 is 11.3 Å². The van der Waals surface area contributed by atoms with E-state index in [1.165, 1.54) is 21.4 Å². The van der Waals surface area contributed by atoms with Crippen molar-refractivity contribution in [2.24, 2.45) is 0 Å². The number of nitrogens with zero attached hydrogens (tertiary/aromatic N) is 1. The van der Waals surface area contributed by atoms with Crippen LogP contribution in [-0.4, -0.2) is 37.7 Å². The second-order valence-electron chi connectivity index (χ2n) is 6.63. The van der Waals surface area contributed by atoms with Gasteiger partial charge in [0, 0.05) is 41.4 Å². The number of morpholine rings is 1. The van der Waals surface area contributed by atoms with E-state index in [4.69, 9.17) is 9.47 Å². The molecule has 136 valence electrons. The van der Waals surface area contributed by atoms with Crippen LogP contribution in [0.3, 0.4) is 0 Å². The Kier molecular flexibility index (Phi) is 6.10. The van der Waals surface area contributed by atoms with Crippen molar-refractivity contribution in [1.82, 2.24) is 4.90 Å². The molecule has 2 aromatic rings. The maximum Gasteiger partial charge on any atom is 0.126 e. The Bertz CT molecular complexity index is 710. The van der Waals surface area contributed by atoms with Gasteiger partial charge < -0.3 is 9.47 Å². The SMILES string of the molecule is Cc1cc(C(CCN2CCOCC2)Oc2ccc(F)c(C)c2)c(C)s1. The van der Waals surface area contributed by atoms with Gasteiger partial charge in [-0.05, 0) is 50.6 Å². The lowest BCUT2D eigenvalue weighted by Crippen LogP contribution is -2.37. The lowest BCUT2D eigenvalue weighted by atomic mass is 10.1. The maximum absolute atomic E-state index is 13.5. The minimum Gasteiger partial charge on any atom is -0.486 e. The molecule has 0 aliphatic carbocycles. The number of hydrogen-bond donors (Lipinski definition) is 0. The average molecular weight is 363 g/mol. The van der Waals surface area contributed by atoms with Crippen molar-refractivity contribution in [3.05, 3.63) is 51.0 Å². The molecule has 0 N–H and O–H groups in total. The van der Waals surface area contributed by atoms with Crippen LogP contribution in [-0.2, 0) is 4.74 Å². The highest BCUT2D eigenvalue weighted by Crippen LogP contribution is 2.32. The van der Waals surface area contributed by atoms with Gasteiger partial charge in [-0.3, -0.25) is 4.90 Å². The Hall–Kier alpha value is -1.43. The summed E-state index contributed by atoms with van der Waals surface area (Å²) in [5, 5.41) is 0. The lowest BCUT2D eigenvalue weighted by Gasteiger charge is -2.28. The number of benzene rings is 1. The van der Waals surface area contributed by atoms with Gasteiger partial charge >= 0.3 is 0 Å². The summed E-state index contributed by atoms with van der Waals surface area (Å²) in [5.74, 6) is 0.536. The van der Waals surface area contributed by atoms with Crippen LogP contribution in [0, 0.1) is 26.6 Å². The van der Waals surface area contributed by atoms with E-state index in [-0.39, 0.29) is 11.9 Å². The largest absolute Gasteiger partial charge is 0.486 e. The summed E-state index contributed by atoms with van der Waals surface area (Å²) in [6, 6.07) is 7.21. The van der Waals surface area contributed by atoms with Gasteiger partial charge in [0.1, 0.15) is 17.7 Å². The Morgan fingerprint density at radius 1 is 1.20 bits per heavy atom. The first-order valence-corrected chi connectivity index (χ1v) is 9.64. The molecular weight excluding hydrogens is 337 g/mol. The predicted octanol–water partition coefficient (Wildman–Crippen LogP) is 4.65. The monoisotopic (exact) mass is 363 g/mol. The van der Waals surface area contributed by atoms with Crippen molar-refractivity contribution >= 4 is 11.3 Å². The van der Waals surface area contributed by atoms with Gasteiger partial charge in [0.25, 0.3) is 0 Å². The molecule has 2 heterocycles. The van der Waals surface area contributed by atoms with Gasteiger partial charge in [-0.15, -0.1) is 11.3 Å². The number of aryl methyl sites for hydroxylation is 3. The summed E-state index contributed by atoms with van der Waals surface area (Å²) in [7, 11) is 0. The third-order valence-electron chi connectivity index (χ3n) is 4.65. The zero-order chi connectivity index (χ0) is 17.8. The Morgan fingerprint density at radius 3 is 2.60 bits per heavy atom. The fourth-order valence-corrected chi connectivity index (χ4v) is 4.20. The van der Waals surface area contributed by atoms with Gasteiger partial charge in [0.2, 0.25) is 0 Å². The molecule has 1 atom stereocenters. The molecule has 0 amide bonds. The highest BCUT2D eigenvalue weighted by atomic mass is 32.1. The molecule has 0 spiro atoms. The lowest BCUT2D eigenvalue weighted by molar-refractivity contribution is 0.0317. The van der Waals surface area contributed by atoms with Gasteiger partial charge in [0.05, 0.1) is 13.2 Å². The molecule has 1 aliphatic rings. The number of thiophene rings is 1. The highest BCUT2D eigenvalue weighted by molar-refractivity contribution is 7.12. The van der Waals surface area contributed by atoms with E-state index in [9.17, 15) is 4.39 Å². The van der Waals surface area contributed by atoms with E-state index in [0.29, 0.717) is 5.56 Å². The third kappa shape index (κ3) is 4.81. The average Bonchev–Trinajstić information content (AvgIpc) is 2.94. The van der Waals surface area contributed by atoms with Crippen LogP contribution in [0.15, 0.2) is 24.3 Å². The Labute approximate surface area is 153 Å². The van der Waals surface area contributed by atoms with E-state index in [2.05, 4.69) is 24.8 Å². The summed E-state index contributed by atoms with van der Waals surface area (Å²) in [6.07, 6.45) is 0.894. The first-order chi connectivity index (χ1) is 12.0. The van der Waals surface area contributed by atoms with Crippen LogP contribution in [0.25, 0.3) is 0 Å². The van der Waals surface area contributed by atoms with Crippen molar-refractivity contribution in [3.8, 4) is 5.75 Å². The van der Waals surface area contributed by atoms with E-state index >= 15 is 0 Å². The third-order valence-corrected chi connectivity index (χ3v) is 5.63. The quantitative estimate of drug-likeness (QED) is 0.745. The smallest absolute Gasteiger partial charge is 0.126 e. The van der Waals surface area contributed by atoms with Crippen molar-refractivity contribution in [1.29, 1.82) is 0 Å². The molecule has 1 aromatic heterocycles. The molecule has 1 aliphatic heterocycles. The molecule has 1 saturated heterocycles. The van der Waals surface area contributed by atoms with Gasteiger partial charge in [-0.2, -0.15) is 0 Å². The maximum atomic E-state index is 13.5. The van der Waals surface area contributed by atoms with Crippen LogP contribution < -0.4 is 4.74 Å². The molecule has 5 heteroatoms. The molecule has 0 bridgehead atoms. The molecule has 0 saturated carbocycles. The molecule has 1 fully saturated rings. The fraction of sp³-hybridized carbons (Fsp3) is 0.500. The first-order valence-electron chi connectivity index (χ1n) is 8.83. The topological polar surface area (TPSA) is 21.7 Å². The zero-order valence-corrected chi connectivity index (χ0v) is 16.0. The minimum absolute atomic E-state index is 0.0161. The van der Waals surface area contributed by atoms with E-state index in [1.807, 2.05) is 0 Å². The zero-order valence-electron chi connectivity index (χ0n) is 15.2. The van der Waals surface area contributed by atoms with Gasteiger partial charge in [-0.25, -0.2) is 4.39 Å². The summed E-state index contributed by atoms with van der Waals surface area (Å²) < 4.78 is 25.3. The predicted molar refractivity (Wildman–Crippen MR) is 100 cm³/mol. The van der Waals surface area contributed by atoms with E-state index in [0.717, 1.165) is 45.0 Å². The number of halogens is 1. The molecule has 1 aromatic carbocycles.